The Morgan fingerprint density at radius 2 is 1.80 bits per heavy atom. The zero-order valence-corrected chi connectivity index (χ0v) is 11.4. The van der Waals surface area contributed by atoms with E-state index in [9.17, 15) is 4.39 Å². The van der Waals surface area contributed by atoms with E-state index in [2.05, 4.69) is 4.98 Å². The van der Waals surface area contributed by atoms with Gasteiger partial charge in [0.05, 0.1) is 5.41 Å². The average Bonchev–Trinajstić information content (AvgIpc) is 2.83. The van der Waals surface area contributed by atoms with Crippen LogP contribution in [0.3, 0.4) is 0 Å². The lowest BCUT2D eigenvalue weighted by molar-refractivity contribution is 0.433. The van der Waals surface area contributed by atoms with Crippen molar-refractivity contribution in [3.8, 4) is 0 Å². The summed E-state index contributed by atoms with van der Waals surface area (Å²) in [6.45, 7) is 4.03. The Labute approximate surface area is 116 Å². The molecular formula is C16H15FN2O. The Morgan fingerprint density at radius 3 is 2.50 bits per heavy atom. The van der Waals surface area contributed by atoms with Crippen LogP contribution in [0.5, 0.6) is 0 Å². The van der Waals surface area contributed by atoms with Crippen molar-refractivity contribution in [3.63, 3.8) is 0 Å². The molecule has 0 amide bonds. The predicted octanol–water partition coefficient (Wildman–Crippen LogP) is 3.88. The van der Waals surface area contributed by atoms with Crippen LogP contribution in [0.4, 0.5) is 10.1 Å². The highest BCUT2D eigenvalue weighted by Gasteiger charge is 2.29. The van der Waals surface area contributed by atoms with Crippen molar-refractivity contribution in [1.29, 1.82) is 0 Å². The lowest BCUT2D eigenvalue weighted by Gasteiger charge is -2.21. The van der Waals surface area contributed by atoms with E-state index >= 15 is 0 Å². The fourth-order valence-corrected chi connectivity index (χ4v) is 2.19. The van der Waals surface area contributed by atoms with E-state index in [0.29, 0.717) is 22.7 Å². The zero-order valence-electron chi connectivity index (χ0n) is 11.4. The van der Waals surface area contributed by atoms with Crippen LogP contribution in [0.1, 0.15) is 25.3 Å². The minimum atomic E-state index is -0.413. The number of halogens is 1. The second-order valence-electron chi connectivity index (χ2n) is 5.38. The van der Waals surface area contributed by atoms with E-state index in [0.717, 1.165) is 5.56 Å². The highest BCUT2D eigenvalue weighted by Crippen LogP contribution is 2.33. The molecule has 3 nitrogen and oxygen atoms in total. The van der Waals surface area contributed by atoms with Crippen molar-refractivity contribution < 1.29 is 8.81 Å². The number of aromatic nitrogens is 1. The summed E-state index contributed by atoms with van der Waals surface area (Å²) in [4.78, 5) is 4.46. The molecule has 3 rings (SSSR count). The van der Waals surface area contributed by atoms with Gasteiger partial charge in [-0.25, -0.2) is 9.37 Å². The molecule has 0 saturated carbocycles. The van der Waals surface area contributed by atoms with Crippen LogP contribution in [-0.4, -0.2) is 4.98 Å². The lowest BCUT2D eigenvalue weighted by Crippen LogP contribution is -2.19. The molecular weight excluding hydrogens is 255 g/mol. The molecule has 3 aromatic rings. The molecule has 0 aliphatic rings. The summed E-state index contributed by atoms with van der Waals surface area (Å²) in [6, 6.07) is 11.9. The third kappa shape index (κ3) is 2.03. The molecule has 4 heteroatoms. The van der Waals surface area contributed by atoms with Crippen molar-refractivity contribution in [2.75, 3.05) is 5.73 Å². The number of fused-ring (bicyclic) bond motifs is 1. The number of anilines is 1. The predicted molar refractivity (Wildman–Crippen MR) is 76.9 cm³/mol. The van der Waals surface area contributed by atoms with Gasteiger partial charge >= 0.3 is 0 Å². The largest absolute Gasteiger partial charge is 0.440 e. The topological polar surface area (TPSA) is 52.0 Å². The Hall–Kier alpha value is -2.36. The Bertz CT molecular complexity index is 760. The number of benzene rings is 2. The normalized spacial score (nSPS) is 11.9. The van der Waals surface area contributed by atoms with Crippen LogP contribution in [0.2, 0.25) is 0 Å². The van der Waals surface area contributed by atoms with Crippen LogP contribution < -0.4 is 5.73 Å². The fraction of sp³-hybridized carbons (Fsp3) is 0.188. The van der Waals surface area contributed by atoms with E-state index in [1.165, 1.54) is 12.1 Å². The molecule has 2 aromatic carbocycles. The molecule has 0 aliphatic heterocycles. The van der Waals surface area contributed by atoms with Gasteiger partial charge in [-0.05, 0) is 43.7 Å². The first-order valence-electron chi connectivity index (χ1n) is 6.39. The average molecular weight is 270 g/mol. The first kappa shape index (κ1) is 12.7. The van der Waals surface area contributed by atoms with Crippen molar-refractivity contribution in [1.82, 2.24) is 4.98 Å². The number of rotatable bonds is 2. The maximum atomic E-state index is 13.2. The lowest BCUT2D eigenvalue weighted by atomic mass is 9.84. The van der Waals surface area contributed by atoms with Crippen molar-refractivity contribution in [3.05, 3.63) is 59.7 Å². The first-order chi connectivity index (χ1) is 9.46. The molecule has 0 spiro atoms. The van der Waals surface area contributed by atoms with Crippen molar-refractivity contribution in [2.24, 2.45) is 0 Å². The van der Waals surface area contributed by atoms with E-state index in [1.54, 1.807) is 6.07 Å². The number of hydrogen-bond acceptors (Lipinski definition) is 3. The van der Waals surface area contributed by atoms with Gasteiger partial charge in [-0.1, -0.05) is 12.1 Å². The molecule has 0 saturated heterocycles. The third-order valence-corrected chi connectivity index (χ3v) is 3.52. The van der Waals surface area contributed by atoms with Gasteiger partial charge < -0.3 is 10.2 Å². The molecule has 0 bridgehead atoms. The molecule has 0 unspecified atom stereocenters. The van der Waals surface area contributed by atoms with Crippen LogP contribution in [0, 0.1) is 5.82 Å². The van der Waals surface area contributed by atoms with Gasteiger partial charge in [-0.2, -0.15) is 0 Å². The number of nitrogen functional groups attached to an aromatic ring is 1. The maximum absolute atomic E-state index is 13.2. The maximum Gasteiger partial charge on any atom is 0.205 e. The van der Waals surface area contributed by atoms with Crippen LogP contribution in [0.25, 0.3) is 11.1 Å². The van der Waals surface area contributed by atoms with Gasteiger partial charge in [0, 0.05) is 11.8 Å². The van der Waals surface area contributed by atoms with Gasteiger partial charge in [0.25, 0.3) is 0 Å². The molecule has 2 N–H and O–H groups in total. The number of hydrogen-bond donors (Lipinski definition) is 1. The minimum Gasteiger partial charge on any atom is -0.440 e. The van der Waals surface area contributed by atoms with Gasteiger partial charge in [-0.15, -0.1) is 0 Å². The van der Waals surface area contributed by atoms with Gasteiger partial charge in [0.2, 0.25) is 5.89 Å². The van der Waals surface area contributed by atoms with E-state index in [4.69, 9.17) is 10.2 Å². The van der Waals surface area contributed by atoms with E-state index < -0.39 is 5.41 Å². The molecule has 0 atom stereocenters. The SMILES string of the molecule is CC(C)(c1ccc(N)cc1)c1nc2ccc(F)cc2o1. The Morgan fingerprint density at radius 1 is 1.10 bits per heavy atom. The summed E-state index contributed by atoms with van der Waals surface area (Å²) in [5, 5.41) is 0. The summed E-state index contributed by atoms with van der Waals surface area (Å²) in [5.74, 6) is 0.230. The fourth-order valence-electron chi connectivity index (χ4n) is 2.19. The number of nitrogens with zero attached hydrogens (tertiary/aromatic N) is 1. The quantitative estimate of drug-likeness (QED) is 0.719. The summed E-state index contributed by atoms with van der Waals surface area (Å²) in [5.41, 5.74) is 8.16. The van der Waals surface area contributed by atoms with Crippen molar-refractivity contribution >= 4 is 16.8 Å². The van der Waals surface area contributed by atoms with Crippen LogP contribution >= 0.6 is 0 Å². The summed E-state index contributed by atoms with van der Waals surface area (Å²) >= 11 is 0. The molecule has 1 heterocycles. The van der Waals surface area contributed by atoms with Gasteiger partial charge in [0.1, 0.15) is 11.3 Å². The second kappa shape index (κ2) is 4.34. The highest BCUT2D eigenvalue weighted by molar-refractivity contribution is 5.72. The van der Waals surface area contributed by atoms with Gasteiger partial charge in [0.15, 0.2) is 5.58 Å². The molecule has 0 radical (unpaired) electrons. The van der Waals surface area contributed by atoms with Crippen molar-refractivity contribution in [2.45, 2.75) is 19.3 Å². The monoisotopic (exact) mass is 270 g/mol. The van der Waals surface area contributed by atoms with Crippen LogP contribution in [-0.2, 0) is 5.41 Å². The zero-order chi connectivity index (χ0) is 14.3. The molecule has 102 valence electrons. The second-order valence-corrected chi connectivity index (χ2v) is 5.38. The van der Waals surface area contributed by atoms with Gasteiger partial charge in [-0.3, -0.25) is 0 Å². The smallest absolute Gasteiger partial charge is 0.205 e. The minimum absolute atomic E-state index is 0.328. The summed E-state index contributed by atoms with van der Waals surface area (Å²) in [7, 11) is 0. The van der Waals surface area contributed by atoms with E-state index in [-0.39, 0.29) is 5.82 Å². The Balaban J connectivity index is 2.10. The highest BCUT2D eigenvalue weighted by atomic mass is 19.1. The molecule has 1 aromatic heterocycles. The number of oxazole rings is 1. The standard InChI is InChI=1S/C16H15FN2O/c1-16(2,10-3-6-12(18)7-4-10)15-19-13-8-5-11(17)9-14(13)20-15/h3-9H,18H2,1-2H3. The Kier molecular flexibility index (Phi) is 2.74. The summed E-state index contributed by atoms with van der Waals surface area (Å²) < 4.78 is 18.9. The third-order valence-electron chi connectivity index (χ3n) is 3.52. The molecule has 0 fully saturated rings. The van der Waals surface area contributed by atoms with Crippen LogP contribution in [0.15, 0.2) is 46.9 Å². The van der Waals surface area contributed by atoms with E-state index in [1.807, 2.05) is 38.1 Å². The first-order valence-corrected chi connectivity index (χ1v) is 6.39. The molecule has 0 aliphatic carbocycles. The molecule has 20 heavy (non-hydrogen) atoms. The number of nitrogens with two attached hydrogens (primary N) is 1. The summed E-state index contributed by atoms with van der Waals surface area (Å²) in [6.07, 6.45) is 0.